The monoisotopic (exact) mass is 334 g/mol. The quantitative estimate of drug-likeness (QED) is 0.776. The van der Waals surface area contributed by atoms with Crippen LogP contribution in [0.1, 0.15) is 38.6 Å². The Morgan fingerprint density at radius 2 is 1.96 bits per heavy atom. The molecule has 5 nitrogen and oxygen atoms in total. The summed E-state index contributed by atoms with van der Waals surface area (Å²) in [7, 11) is 0. The van der Waals surface area contributed by atoms with Crippen molar-refractivity contribution >= 4 is 22.7 Å². The number of fused-ring (bicyclic) bond motifs is 1. The fourth-order valence-corrected chi connectivity index (χ4v) is 3.74. The first-order valence-corrected chi connectivity index (χ1v) is 8.91. The van der Waals surface area contributed by atoms with E-state index in [0.29, 0.717) is 11.9 Å². The van der Waals surface area contributed by atoms with Crippen molar-refractivity contribution in [1.82, 2.24) is 14.5 Å². The Labute approximate surface area is 146 Å². The van der Waals surface area contributed by atoms with E-state index in [2.05, 4.69) is 22.2 Å². The van der Waals surface area contributed by atoms with Crippen molar-refractivity contribution in [3.63, 3.8) is 0 Å². The summed E-state index contributed by atoms with van der Waals surface area (Å²) < 4.78 is 1.88. The van der Waals surface area contributed by atoms with Crippen LogP contribution < -0.4 is 10.9 Å². The van der Waals surface area contributed by atoms with Crippen molar-refractivity contribution in [2.75, 3.05) is 5.32 Å². The normalized spacial score (nSPS) is 20.5. The molecule has 1 aliphatic carbocycles. The third kappa shape index (κ3) is 3.27. The highest BCUT2D eigenvalue weighted by Gasteiger charge is 2.23. The Morgan fingerprint density at radius 3 is 2.76 bits per heavy atom. The number of para-hydroxylation sites is 1. The Hall–Kier alpha value is -2.69. The molecule has 2 aromatic heterocycles. The molecule has 128 valence electrons. The zero-order chi connectivity index (χ0) is 17.2. The van der Waals surface area contributed by atoms with Gasteiger partial charge >= 0.3 is 0 Å². The van der Waals surface area contributed by atoms with Crippen LogP contribution in [0.4, 0.5) is 11.6 Å². The lowest BCUT2D eigenvalue weighted by Crippen LogP contribution is -2.28. The minimum atomic E-state index is 0.0240. The van der Waals surface area contributed by atoms with Gasteiger partial charge in [-0.15, -0.1) is 0 Å². The van der Waals surface area contributed by atoms with Crippen LogP contribution in [-0.4, -0.2) is 14.5 Å². The lowest BCUT2D eigenvalue weighted by atomic mass is 9.87. The van der Waals surface area contributed by atoms with E-state index < -0.39 is 0 Å². The number of aromatic nitrogens is 3. The Bertz CT molecular complexity index is 935. The van der Waals surface area contributed by atoms with Gasteiger partial charge in [0.15, 0.2) is 0 Å². The molecule has 2 atom stereocenters. The lowest BCUT2D eigenvalue weighted by molar-refractivity contribution is 0.282. The van der Waals surface area contributed by atoms with Gasteiger partial charge in [-0.25, -0.2) is 4.98 Å². The van der Waals surface area contributed by atoms with E-state index in [0.717, 1.165) is 36.0 Å². The van der Waals surface area contributed by atoms with E-state index in [1.54, 1.807) is 12.3 Å². The molecule has 1 aromatic carbocycles. The first-order chi connectivity index (χ1) is 12.2. The van der Waals surface area contributed by atoms with E-state index in [9.17, 15) is 4.79 Å². The van der Waals surface area contributed by atoms with Crippen molar-refractivity contribution in [3.05, 3.63) is 59.0 Å². The molecular formula is C20H22N4O. The van der Waals surface area contributed by atoms with Gasteiger partial charge < -0.3 is 5.32 Å². The molecule has 0 amide bonds. The van der Waals surface area contributed by atoms with Crippen LogP contribution in [0, 0.1) is 5.92 Å². The molecule has 0 saturated heterocycles. The van der Waals surface area contributed by atoms with Crippen LogP contribution in [0.15, 0.2) is 53.5 Å². The van der Waals surface area contributed by atoms with Gasteiger partial charge in [-0.3, -0.25) is 9.36 Å². The summed E-state index contributed by atoms with van der Waals surface area (Å²) in [6.07, 6.45) is 6.26. The zero-order valence-electron chi connectivity index (χ0n) is 14.4. The third-order valence-electron chi connectivity index (χ3n) is 4.97. The third-order valence-corrected chi connectivity index (χ3v) is 4.97. The molecule has 25 heavy (non-hydrogen) atoms. The standard InChI is InChI=1S/C20H22N4O/c1-14-6-5-9-17(12-14)24-18(25)11-10-15-13-21-20(23-19(15)24)22-16-7-3-2-4-8-16/h2-4,7-8,10-11,13-14,17H,5-6,9,12H2,1H3,(H,21,22,23). The summed E-state index contributed by atoms with van der Waals surface area (Å²) >= 11 is 0. The topological polar surface area (TPSA) is 59.8 Å². The smallest absolute Gasteiger partial charge is 0.252 e. The molecule has 1 aliphatic rings. The first kappa shape index (κ1) is 15.8. The second kappa shape index (κ2) is 6.67. The Morgan fingerprint density at radius 1 is 1.12 bits per heavy atom. The average molecular weight is 334 g/mol. The summed E-state index contributed by atoms with van der Waals surface area (Å²) in [4.78, 5) is 21.7. The number of pyridine rings is 1. The van der Waals surface area contributed by atoms with Crippen LogP contribution in [-0.2, 0) is 0 Å². The fraction of sp³-hybridized carbons (Fsp3) is 0.350. The van der Waals surface area contributed by atoms with Gasteiger partial charge in [0.05, 0.1) is 0 Å². The van der Waals surface area contributed by atoms with E-state index in [1.165, 1.54) is 6.42 Å². The predicted octanol–water partition coefficient (Wildman–Crippen LogP) is 4.29. The van der Waals surface area contributed by atoms with Crippen molar-refractivity contribution in [2.24, 2.45) is 5.92 Å². The molecule has 4 rings (SSSR count). The molecule has 2 unspecified atom stereocenters. The van der Waals surface area contributed by atoms with Crippen LogP contribution in [0.2, 0.25) is 0 Å². The van der Waals surface area contributed by atoms with Gasteiger partial charge in [0.25, 0.3) is 5.56 Å². The number of hydrogen-bond acceptors (Lipinski definition) is 4. The van der Waals surface area contributed by atoms with E-state index >= 15 is 0 Å². The molecule has 1 saturated carbocycles. The number of hydrogen-bond donors (Lipinski definition) is 1. The van der Waals surface area contributed by atoms with Crippen LogP contribution in [0.5, 0.6) is 0 Å². The van der Waals surface area contributed by atoms with Gasteiger partial charge in [-0.1, -0.05) is 38.0 Å². The van der Waals surface area contributed by atoms with Crippen LogP contribution >= 0.6 is 0 Å². The van der Waals surface area contributed by atoms with Crippen LogP contribution in [0.3, 0.4) is 0 Å². The Kier molecular flexibility index (Phi) is 4.22. The first-order valence-electron chi connectivity index (χ1n) is 8.91. The van der Waals surface area contributed by atoms with Crippen molar-refractivity contribution in [1.29, 1.82) is 0 Å². The molecule has 5 heteroatoms. The summed E-state index contributed by atoms with van der Waals surface area (Å²) in [6, 6.07) is 13.5. The maximum atomic E-state index is 12.6. The van der Waals surface area contributed by atoms with Gasteiger partial charge in [0, 0.05) is 29.4 Å². The second-order valence-electron chi connectivity index (χ2n) is 6.93. The molecule has 0 bridgehead atoms. The highest BCUT2D eigenvalue weighted by molar-refractivity contribution is 5.75. The van der Waals surface area contributed by atoms with Crippen LogP contribution in [0.25, 0.3) is 11.0 Å². The molecule has 0 aliphatic heterocycles. The largest absolute Gasteiger partial charge is 0.324 e. The lowest BCUT2D eigenvalue weighted by Gasteiger charge is -2.29. The zero-order valence-corrected chi connectivity index (χ0v) is 14.4. The molecule has 0 radical (unpaired) electrons. The van der Waals surface area contributed by atoms with E-state index in [-0.39, 0.29) is 11.6 Å². The predicted molar refractivity (Wildman–Crippen MR) is 100 cm³/mol. The second-order valence-corrected chi connectivity index (χ2v) is 6.93. The molecule has 3 aromatic rings. The van der Waals surface area contributed by atoms with E-state index in [4.69, 9.17) is 0 Å². The summed E-state index contributed by atoms with van der Waals surface area (Å²) in [5.41, 5.74) is 1.67. The number of nitrogens with zero attached hydrogens (tertiary/aromatic N) is 3. The highest BCUT2D eigenvalue weighted by atomic mass is 16.1. The summed E-state index contributed by atoms with van der Waals surface area (Å²) in [5, 5.41) is 4.12. The summed E-state index contributed by atoms with van der Waals surface area (Å²) in [5.74, 6) is 1.16. The molecule has 1 fully saturated rings. The minimum absolute atomic E-state index is 0.0240. The number of benzene rings is 1. The van der Waals surface area contributed by atoms with Gasteiger partial charge in [-0.05, 0) is 37.0 Å². The van der Waals surface area contributed by atoms with E-state index in [1.807, 2.05) is 41.0 Å². The maximum Gasteiger partial charge on any atom is 0.252 e. The number of anilines is 2. The van der Waals surface area contributed by atoms with Gasteiger partial charge in [0.2, 0.25) is 5.95 Å². The molecule has 1 N–H and O–H groups in total. The SMILES string of the molecule is CC1CCCC(n2c(=O)ccc3cnc(Nc4ccccc4)nc32)C1. The Balaban J connectivity index is 1.77. The summed E-state index contributed by atoms with van der Waals surface area (Å²) in [6.45, 7) is 2.26. The minimum Gasteiger partial charge on any atom is -0.324 e. The van der Waals surface area contributed by atoms with Gasteiger partial charge in [0.1, 0.15) is 5.65 Å². The van der Waals surface area contributed by atoms with Crippen molar-refractivity contribution in [3.8, 4) is 0 Å². The average Bonchev–Trinajstić information content (AvgIpc) is 2.62. The highest BCUT2D eigenvalue weighted by Crippen LogP contribution is 2.32. The number of nitrogens with one attached hydrogen (secondary N) is 1. The maximum absolute atomic E-state index is 12.6. The fourth-order valence-electron chi connectivity index (χ4n) is 3.74. The van der Waals surface area contributed by atoms with Gasteiger partial charge in [-0.2, -0.15) is 4.98 Å². The molecule has 0 spiro atoms. The number of rotatable bonds is 3. The van der Waals surface area contributed by atoms with Crippen molar-refractivity contribution in [2.45, 2.75) is 38.6 Å². The van der Waals surface area contributed by atoms with Crippen molar-refractivity contribution < 1.29 is 0 Å². The molecular weight excluding hydrogens is 312 g/mol. The molecule has 2 heterocycles.